The second-order valence-electron chi connectivity index (χ2n) is 5.35. The van der Waals surface area contributed by atoms with Crippen molar-refractivity contribution in [1.29, 1.82) is 0 Å². The molecule has 0 saturated carbocycles. The monoisotopic (exact) mass is 269 g/mol. The number of rotatable bonds is 4. The summed E-state index contributed by atoms with van der Waals surface area (Å²) in [6.07, 6.45) is -3.88. The van der Waals surface area contributed by atoms with Gasteiger partial charge in [0.25, 0.3) is 0 Å². The van der Waals surface area contributed by atoms with Crippen LogP contribution in [0.5, 0.6) is 0 Å². The molecule has 1 heterocycles. The number of aliphatic carboxylic acids is 1. The largest absolute Gasteiger partial charge is 0.480 e. The van der Waals surface area contributed by atoms with Gasteiger partial charge in [-0.1, -0.05) is 0 Å². The van der Waals surface area contributed by atoms with Crippen LogP contribution >= 0.6 is 0 Å². The van der Waals surface area contributed by atoms with Crippen molar-refractivity contribution in [2.24, 2.45) is 0 Å². The van der Waals surface area contributed by atoms with E-state index < -0.39 is 17.7 Å². The Bertz CT molecular complexity index is 330. The van der Waals surface area contributed by atoms with Gasteiger partial charge in [0.1, 0.15) is 0 Å². The van der Waals surface area contributed by atoms with E-state index in [1.165, 1.54) is 0 Å². The van der Waals surface area contributed by atoms with E-state index in [0.29, 0.717) is 13.3 Å². The van der Waals surface area contributed by atoms with Crippen LogP contribution in [0.15, 0.2) is 0 Å². The van der Waals surface area contributed by atoms with E-state index in [4.69, 9.17) is 9.84 Å². The minimum absolute atomic E-state index is 0.133. The molecule has 0 aliphatic carbocycles. The average molecular weight is 269 g/mol. The first-order chi connectivity index (χ1) is 7.98. The molecule has 0 amide bonds. The van der Waals surface area contributed by atoms with Gasteiger partial charge in [-0.05, 0) is 33.6 Å². The lowest BCUT2D eigenvalue weighted by molar-refractivity contribution is -0.206. The van der Waals surface area contributed by atoms with Crippen molar-refractivity contribution < 1.29 is 27.8 Å². The molecule has 4 nitrogen and oxygen atoms in total. The van der Waals surface area contributed by atoms with Crippen LogP contribution in [0.3, 0.4) is 0 Å². The first-order valence-electron chi connectivity index (χ1n) is 5.71. The maximum atomic E-state index is 12.7. The molecule has 1 saturated heterocycles. The van der Waals surface area contributed by atoms with Crippen LogP contribution in [0, 0.1) is 0 Å². The molecule has 1 fully saturated rings. The molecule has 2 unspecified atom stereocenters. The zero-order valence-corrected chi connectivity index (χ0v) is 10.6. The number of halogens is 3. The van der Waals surface area contributed by atoms with Gasteiger partial charge in [-0.25, -0.2) is 4.79 Å². The van der Waals surface area contributed by atoms with Gasteiger partial charge in [0, 0.05) is 6.54 Å². The van der Waals surface area contributed by atoms with Gasteiger partial charge in [0.05, 0.1) is 11.7 Å². The van der Waals surface area contributed by atoms with E-state index in [2.05, 4.69) is 5.32 Å². The summed E-state index contributed by atoms with van der Waals surface area (Å²) in [5, 5.41) is 10.8. The standard InChI is InChI=1S/C11H18F3NO3/c1-9(2)5-4-7(18-9)6-15-10(3,8(16)17)11(12,13)14/h7,15H,4-6H2,1-3H3,(H,16,17). The Morgan fingerprint density at radius 1 is 1.50 bits per heavy atom. The predicted octanol–water partition coefficient (Wildman–Crippen LogP) is 1.94. The van der Waals surface area contributed by atoms with Crippen LogP contribution in [0.4, 0.5) is 13.2 Å². The smallest absolute Gasteiger partial charge is 0.417 e. The Morgan fingerprint density at radius 3 is 2.39 bits per heavy atom. The quantitative estimate of drug-likeness (QED) is 0.819. The van der Waals surface area contributed by atoms with Crippen molar-refractivity contribution in [2.75, 3.05) is 6.54 Å². The predicted molar refractivity (Wildman–Crippen MR) is 58.3 cm³/mol. The molecule has 1 aliphatic rings. The van der Waals surface area contributed by atoms with Crippen molar-refractivity contribution in [3.8, 4) is 0 Å². The number of carbonyl (C=O) groups is 1. The van der Waals surface area contributed by atoms with Gasteiger partial charge in [0.15, 0.2) is 0 Å². The summed E-state index contributed by atoms with van der Waals surface area (Å²) >= 11 is 0. The summed E-state index contributed by atoms with van der Waals surface area (Å²) in [7, 11) is 0. The molecule has 18 heavy (non-hydrogen) atoms. The lowest BCUT2D eigenvalue weighted by Gasteiger charge is -2.30. The number of alkyl halides is 3. The van der Waals surface area contributed by atoms with E-state index in [1.807, 2.05) is 13.8 Å². The van der Waals surface area contributed by atoms with E-state index in [9.17, 15) is 18.0 Å². The van der Waals surface area contributed by atoms with Crippen molar-refractivity contribution in [3.63, 3.8) is 0 Å². The lowest BCUT2D eigenvalue weighted by atomic mass is 10.0. The van der Waals surface area contributed by atoms with Gasteiger partial charge in [-0.3, -0.25) is 5.32 Å². The number of hydrogen-bond donors (Lipinski definition) is 2. The van der Waals surface area contributed by atoms with E-state index >= 15 is 0 Å². The minimum Gasteiger partial charge on any atom is -0.480 e. The molecular weight excluding hydrogens is 251 g/mol. The molecule has 2 N–H and O–H groups in total. The fourth-order valence-electron chi connectivity index (χ4n) is 1.84. The molecule has 0 bridgehead atoms. The highest BCUT2D eigenvalue weighted by atomic mass is 19.4. The fourth-order valence-corrected chi connectivity index (χ4v) is 1.84. The summed E-state index contributed by atoms with van der Waals surface area (Å²) in [5.41, 5.74) is -3.30. The first-order valence-corrected chi connectivity index (χ1v) is 5.71. The SMILES string of the molecule is CC1(C)CCC(CNC(C)(C(=O)O)C(F)(F)F)O1. The molecule has 1 aliphatic heterocycles. The zero-order chi connectivity index (χ0) is 14.2. The third-order valence-corrected chi connectivity index (χ3v) is 3.23. The molecule has 0 aromatic rings. The second-order valence-corrected chi connectivity index (χ2v) is 5.35. The van der Waals surface area contributed by atoms with Gasteiger partial charge in [-0.2, -0.15) is 13.2 Å². The second kappa shape index (κ2) is 4.70. The summed E-state index contributed by atoms with van der Waals surface area (Å²) < 4.78 is 43.6. The Balaban J connectivity index is 2.63. The molecule has 106 valence electrons. The maximum absolute atomic E-state index is 12.7. The van der Waals surface area contributed by atoms with E-state index in [1.54, 1.807) is 0 Å². The first kappa shape index (κ1) is 15.2. The number of carboxylic acid groups (broad SMARTS) is 1. The summed E-state index contributed by atoms with van der Waals surface area (Å²) in [5.74, 6) is -1.94. The topological polar surface area (TPSA) is 58.6 Å². The summed E-state index contributed by atoms with van der Waals surface area (Å²) in [6, 6.07) is 0. The van der Waals surface area contributed by atoms with E-state index in [-0.39, 0.29) is 18.2 Å². The normalized spacial score (nSPS) is 26.9. The molecular formula is C11H18F3NO3. The van der Waals surface area contributed by atoms with Gasteiger partial charge in [0.2, 0.25) is 5.54 Å². The number of carboxylic acids is 1. The maximum Gasteiger partial charge on any atom is 0.417 e. The van der Waals surface area contributed by atoms with Crippen LogP contribution < -0.4 is 5.32 Å². The van der Waals surface area contributed by atoms with Crippen LogP contribution in [0.2, 0.25) is 0 Å². The van der Waals surface area contributed by atoms with Gasteiger partial charge in [-0.15, -0.1) is 0 Å². The Kier molecular flexibility index (Phi) is 3.97. The molecule has 7 heteroatoms. The molecule has 2 atom stereocenters. The van der Waals surface area contributed by atoms with Crippen molar-refractivity contribution >= 4 is 5.97 Å². The van der Waals surface area contributed by atoms with Crippen LogP contribution in [0.25, 0.3) is 0 Å². The highest BCUT2D eigenvalue weighted by Crippen LogP contribution is 2.32. The Hall–Kier alpha value is -0.820. The highest BCUT2D eigenvalue weighted by molar-refractivity contribution is 5.79. The van der Waals surface area contributed by atoms with Crippen LogP contribution in [0.1, 0.15) is 33.6 Å². The van der Waals surface area contributed by atoms with Gasteiger partial charge < -0.3 is 9.84 Å². The average Bonchev–Trinajstić information content (AvgIpc) is 2.52. The van der Waals surface area contributed by atoms with Crippen molar-refractivity contribution in [3.05, 3.63) is 0 Å². The lowest BCUT2D eigenvalue weighted by Crippen LogP contribution is -2.61. The van der Waals surface area contributed by atoms with Crippen LogP contribution in [-0.4, -0.2) is 41.0 Å². The number of nitrogens with one attached hydrogen (secondary N) is 1. The molecule has 0 aromatic heterocycles. The van der Waals surface area contributed by atoms with Gasteiger partial charge >= 0.3 is 12.1 Å². The minimum atomic E-state index is -4.85. The van der Waals surface area contributed by atoms with Crippen molar-refractivity contribution in [2.45, 2.75) is 57.0 Å². The Morgan fingerprint density at radius 2 is 2.06 bits per heavy atom. The fraction of sp³-hybridized carbons (Fsp3) is 0.909. The highest BCUT2D eigenvalue weighted by Gasteiger charge is 2.57. The summed E-state index contributed by atoms with van der Waals surface area (Å²) in [4.78, 5) is 10.8. The molecule has 1 rings (SSSR count). The molecule has 0 aromatic carbocycles. The van der Waals surface area contributed by atoms with E-state index in [0.717, 1.165) is 6.42 Å². The summed E-state index contributed by atoms with van der Waals surface area (Å²) in [6.45, 7) is 4.20. The molecule has 0 radical (unpaired) electrons. The zero-order valence-electron chi connectivity index (χ0n) is 10.6. The Labute approximate surface area is 103 Å². The third-order valence-electron chi connectivity index (χ3n) is 3.23. The number of ether oxygens (including phenoxy) is 1. The third kappa shape index (κ3) is 3.14. The van der Waals surface area contributed by atoms with Crippen molar-refractivity contribution in [1.82, 2.24) is 5.32 Å². The molecule has 0 spiro atoms. The number of hydrogen-bond acceptors (Lipinski definition) is 3. The van der Waals surface area contributed by atoms with Crippen LogP contribution in [-0.2, 0) is 9.53 Å².